The third kappa shape index (κ3) is 6.13. The third-order valence-electron chi connectivity index (χ3n) is 6.41. The largest absolute Gasteiger partial charge is 0.495 e. The summed E-state index contributed by atoms with van der Waals surface area (Å²) in [5.74, 6) is -1.30. The Morgan fingerprint density at radius 3 is 2.50 bits per heavy atom. The van der Waals surface area contributed by atoms with Crippen molar-refractivity contribution in [1.29, 1.82) is 0 Å². The predicted molar refractivity (Wildman–Crippen MR) is 147 cm³/mol. The monoisotopic (exact) mass is 567 g/mol. The van der Waals surface area contributed by atoms with Crippen LogP contribution < -0.4 is 16.0 Å². The number of hydrogen-bond donors (Lipinski definition) is 1. The number of benzene rings is 2. The first kappa shape index (κ1) is 28.7. The molecule has 2 heterocycles. The van der Waals surface area contributed by atoms with Crippen LogP contribution in [0.5, 0.6) is 5.75 Å². The number of methoxy groups -OCH3 is 2. The van der Waals surface area contributed by atoms with Crippen molar-refractivity contribution in [2.75, 3.05) is 20.8 Å². The van der Waals surface area contributed by atoms with E-state index in [0.29, 0.717) is 44.5 Å². The van der Waals surface area contributed by atoms with Crippen molar-refractivity contribution in [3.63, 3.8) is 0 Å². The molecule has 208 valence electrons. The molecule has 0 bridgehead atoms. The van der Waals surface area contributed by atoms with Gasteiger partial charge in [-0.05, 0) is 54.8 Å². The molecule has 9 nitrogen and oxygen atoms in total. The molecule has 0 radical (unpaired) electrons. The Morgan fingerprint density at radius 1 is 1.10 bits per heavy atom. The molecule has 0 saturated carbocycles. The van der Waals surface area contributed by atoms with Gasteiger partial charge in [-0.25, -0.2) is 4.39 Å². The number of carbonyl (C=O) groups excluding carboxylic acids is 2. The van der Waals surface area contributed by atoms with Gasteiger partial charge in [0, 0.05) is 48.4 Å². The number of rotatable bonds is 11. The van der Waals surface area contributed by atoms with Crippen LogP contribution in [-0.2, 0) is 16.0 Å². The van der Waals surface area contributed by atoms with Crippen molar-refractivity contribution >= 4 is 23.3 Å². The van der Waals surface area contributed by atoms with E-state index in [1.165, 1.54) is 43.2 Å². The number of Topliss-reactive ketones (excluding diaryl/α,β-unsaturated/α-hetero) is 1. The number of primary amides is 1. The fourth-order valence-corrected chi connectivity index (χ4v) is 4.63. The molecule has 0 aliphatic carbocycles. The first-order chi connectivity index (χ1) is 19.1. The van der Waals surface area contributed by atoms with Gasteiger partial charge in [-0.3, -0.25) is 14.4 Å². The summed E-state index contributed by atoms with van der Waals surface area (Å²) < 4.78 is 31.9. The van der Waals surface area contributed by atoms with Crippen LogP contribution in [-0.4, -0.2) is 42.2 Å². The van der Waals surface area contributed by atoms with Crippen LogP contribution in [0, 0.1) is 12.7 Å². The molecule has 11 heteroatoms. The van der Waals surface area contributed by atoms with Crippen molar-refractivity contribution < 1.29 is 28.0 Å². The van der Waals surface area contributed by atoms with E-state index in [2.05, 4.69) is 5.16 Å². The average molecular weight is 568 g/mol. The maximum absolute atomic E-state index is 14.3. The van der Waals surface area contributed by atoms with Gasteiger partial charge in [0.05, 0.1) is 30.6 Å². The number of carbonyl (C=O) groups is 2. The molecule has 1 unspecified atom stereocenters. The molecular formula is C29H27ClFN3O6. The van der Waals surface area contributed by atoms with Gasteiger partial charge >= 0.3 is 0 Å². The van der Waals surface area contributed by atoms with Crippen molar-refractivity contribution in [3.8, 4) is 28.2 Å². The van der Waals surface area contributed by atoms with Gasteiger partial charge in [0.2, 0.25) is 0 Å². The number of aromatic nitrogens is 2. The topological polar surface area (TPSA) is 127 Å². The lowest BCUT2D eigenvalue weighted by Crippen LogP contribution is -2.31. The molecular weight excluding hydrogens is 541 g/mol. The van der Waals surface area contributed by atoms with E-state index in [1.54, 1.807) is 31.2 Å². The van der Waals surface area contributed by atoms with Crippen molar-refractivity contribution in [3.05, 3.63) is 92.7 Å². The Kier molecular flexibility index (Phi) is 8.81. The van der Waals surface area contributed by atoms with Crippen LogP contribution in [0.25, 0.3) is 22.5 Å². The second kappa shape index (κ2) is 12.3. The summed E-state index contributed by atoms with van der Waals surface area (Å²) in [5, 5.41) is 4.38. The second-order valence-corrected chi connectivity index (χ2v) is 9.58. The van der Waals surface area contributed by atoms with Crippen LogP contribution in [0.3, 0.4) is 0 Å². The van der Waals surface area contributed by atoms with Crippen LogP contribution in [0.15, 0.2) is 64.0 Å². The summed E-state index contributed by atoms with van der Waals surface area (Å²) in [4.78, 5) is 38.3. The normalized spacial score (nSPS) is 11.8. The predicted octanol–water partition coefficient (Wildman–Crippen LogP) is 4.77. The van der Waals surface area contributed by atoms with Crippen molar-refractivity contribution in [2.24, 2.45) is 5.73 Å². The highest BCUT2D eigenvalue weighted by Crippen LogP contribution is 2.38. The van der Waals surface area contributed by atoms with Gasteiger partial charge in [-0.1, -0.05) is 22.8 Å². The number of ketones is 1. The zero-order valence-electron chi connectivity index (χ0n) is 22.1. The molecule has 1 atom stereocenters. The minimum Gasteiger partial charge on any atom is -0.495 e. The van der Waals surface area contributed by atoms with E-state index in [-0.39, 0.29) is 30.8 Å². The van der Waals surface area contributed by atoms with E-state index in [9.17, 15) is 18.8 Å². The molecule has 4 rings (SSSR count). The molecule has 40 heavy (non-hydrogen) atoms. The Bertz CT molecular complexity index is 1630. The molecule has 2 aromatic carbocycles. The quantitative estimate of drug-likeness (QED) is 0.277. The SMILES string of the molecule is COCCC(C(=O)Cc1ccc(C(N)=O)c(F)c1)n1cc(OC)c(-c2cc(Cl)ccc2-c2cc(C)no2)cc1=O. The Labute approximate surface area is 234 Å². The van der Waals surface area contributed by atoms with Crippen LogP contribution in [0.4, 0.5) is 4.39 Å². The number of hydrogen-bond acceptors (Lipinski definition) is 7. The maximum atomic E-state index is 14.3. The highest BCUT2D eigenvalue weighted by atomic mass is 35.5. The van der Waals surface area contributed by atoms with Gasteiger partial charge in [-0.15, -0.1) is 0 Å². The van der Waals surface area contributed by atoms with Crippen LogP contribution in [0.1, 0.15) is 34.1 Å². The number of halogens is 2. The first-order valence-electron chi connectivity index (χ1n) is 12.3. The van der Waals surface area contributed by atoms with Crippen LogP contribution in [0.2, 0.25) is 5.02 Å². The Balaban J connectivity index is 1.76. The summed E-state index contributed by atoms with van der Waals surface area (Å²) in [6.45, 7) is 1.98. The van der Waals surface area contributed by atoms with E-state index in [1.807, 2.05) is 0 Å². The summed E-state index contributed by atoms with van der Waals surface area (Å²) in [6.07, 6.45) is 1.45. The first-order valence-corrected chi connectivity index (χ1v) is 12.6. The fourth-order valence-electron chi connectivity index (χ4n) is 4.46. The number of aryl methyl sites for hydroxylation is 1. The molecule has 2 N–H and O–H groups in total. The highest BCUT2D eigenvalue weighted by molar-refractivity contribution is 6.31. The molecule has 0 aliphatic rings. The lowest BCUT2D eigenvalue weighted by atomic mass is 9.97. The molecule has 1 amide bonds. The van der Waals surface area contributed by atoms with Gasteiger partial charge in [0.1, 0.15) is 11.6 Å². The minimum absolute atomic E-state index is 0.180. The summed E-state index contributed by atoms with van der Waals surface area (Å²) >= 11 is 6.31. The average Bonchev–Trinajstić information content (AvgIpc) is 3.35. The summed E-state index contributed by atoms with van der Waals surface area (Å²) in [5.41, 5.74) is 7.10. The maximum Gasteiger partial charge on any atom is 0.252 e. The van der Waals surface area contributed by atoms with E-state index < -0.39 is 23.3 Å². The number of pyridine rings is 1. The zero-order chi connectivity index (χ0) is 29.0. The molecule has 0 saturated heterocycles. The summed E-state index contributed by atoms with van der Waals surface area (Å²) in [7, 11) is 2.93. The lowest BCUT2D eigenvalue weighted by Gasteiger charge is -2.21. The van der Waals surface area contributed by atoms with Gasteiger partial charge < -0.3 is 24.3 Å². The Hall–Kier alpha value is -4.28. The smallest absolute Gasteiger partial charge is 0.252 e. The molecule has 0 spiro atoms. The number of nitrogens with zero attached hydrogens (tertiary/aromatic N) is 2. The second-order valence-electron chi connectivity index (χ2n) is 9.14. The highest BCUT2D eigenvalue weighted by Gasteiger charge is 2.25. The molecule has 2 aromatic heterocycles. The number of amides is 1. The number of nitrogens with two attached hydrogens (primary N) is 1. The third-order valence-corrected chi connectivity index (χ3v) is 6.64. The van der Waals surface area contributed by atoms with E-state index in [4.69, 9.17) is 31.3 Å². The van der Waals surface area contributed by atoms with Gasteiger partial charge in [-0.2, -0.15) is 0 Å². The molecule has 0 fully saturated rings. The zero-order valence-corrected chi connectivity index (χ0v) is 22.8. The fraction of sp³-hybridized carbons (Fsp3) is 0.241. The van der Waals surface area contributed by atoms with E-state index >= 15 is 0 Å². The summed E-state index contributed by atoms with van der Waals surface area (Å²) in [6, 6.07) is 11.1. The standard InChI is InChI=1S/C29H27ClFN3O6/c1-16-10-26(40-33-16)19-7-5-18(30)13-21(19)22-14-28(36)34(15-27(22)39-3)24(8-9-38-2)25(35)12-17-4-6-20(29(32)37)23(31)11-17/h4-7,10-11,13-15,24H,8-9,12H2,1-3H3,(H2,32,37). The molecule has 4 aromatic rings. The molecule has 0 aliphatic heterocycles. The van der Waals surface area contributed by atoms with Crippen molar-refractivity contribution in [1.82, 2.24) is 9.72 Å². The van der Waals surface area contributed by atoms with Gasteiger partial charge in [0.25, 0.3) is 11.5 Å². The van der Waals surface area contributed by atoms with E-state index in [0.717, 1.165) is 6.07 Å². The van der Waals surface area contributed by atoms with Crippen molar-refractivity contribution in [2.45, 2.75) is 25.8 Å². The number of ether oxygens (including phenoxy) is 2. The van der Waals surface area contributed by atoms with Crippen LogP contribution >= 0.6 is 11.6 Å². The minimum atomic E-state index is -0.940. The van der Waals surface area contributed by atoms with Gasteiger partial charge in [0.15, 0.2) is 11.5 Å². The Morgan fingerprint density at radius 2 is 1.88 bits per heavy atom. The lowest BCUT2D eigenvalue weighted by molar-refractivity contribution is -0.122.